The third kappa shape index (κ3) is 2.14. The van der Waals surface area contributed by atoms with Crippen molar-refractivity contribution in [2.45, 2.75) is 0 Å². The van der Waals surface area contributed by atoms with Crippen molar-refractivity contribution in [3.05, 3.63) is 54.6 Å². The Morgan fingerprint density at radius 2 is 2.14 bits per heavy atom. The number of nitrogens with zero attached hydrogens (tertiary/aromatic N) is 2. The van der Waals surface area contributed by atoms with E-state index in [4.69, 9.17) is 8.94 Å². The van der Waals surface area contributed by atoms with Crippen molar-refractivity contribution in [2.24, 2.45) is 0 Å². The molecule has 4 rings (SSSR count). The maximum absolute atomic E-state index is 12.2. The van der Waals surface area contributed by atoms with Crippen LogP contribution in [0.3, 0.4) is 0 Å². The van der Waals surface area contributed by atoms with Crippen LogP contribution in [0, 0.1) is 0 Å². The molecule has 3 heterocycles. The number of fused-ring (bicyclic) bond motifs is 1. The first-order valence-corrected chi connectivity index (χ1v) is 6.55. The topological polar surface area (TPSA) is 97.0 Å². The highest BCUT2D eigenvalue weighted by molar-refractivity contribution is 6.04. The molecule has 3 aromatic heterocycles. The normalized spacial score (nSPS) is 10.9. The van der Waals surface area contributed by atoms with E-state index in [0.717, 1.165) is 10.9 Å². The summed E-state index contributed by atoms with van der Waals surface area (Å²) in [5.74, 6) is 0.560. The molecule has 0 fully saturated rings. The molecule has 0 spiro atoms. The van der Waals surface area contributed by atoms with Crippen molar-refractivity contribution in [3.8, 4) is 11.5 Å². The van der Waals surface area contributed by atoms with E-state index >= 15 is 0 Å². The molecular weight excluding hydrogens is 284 g/mol. The van der Waals surface area contributed by atoms with Gasteiger partial charge in [0.1, 0.15) is 0 Å². The highest BCUT2D eigenvalue weighted by atomic mass is 16.5. The number of furan rings is 1. The average Bonchev–Trinajstić information content (AvgIpc) is 3.26. The Labute approximate surface area is 123 Å². The van der Waals surface area contributed by atoms with Gasteiger partial charge in [0.25, 0.3) is 5.91 Å². The summed E-state index contributed by atoms with van der Waals surface area (Å²) < 4.78 is 10.3. The van der Waals surface area contributed by atoms with Gasteiger partial charge in [0, 0.05) is 17.1 Å². The molecule has 108 valence electrons. The number of carbonyl (C=O) groups excluding carboxylic acids is 1. The van der Waals surface area contributed by atoms with Crippen LogP contribution in [0.2, 0.25) is 0 Å². The van der Waals surface area contributed by atoms with Crippen LogP contribution in [0.25, 0.3) is 22.4 Å². The minimum atomic E-state index is -0.361. The molecule has 0 saturated heterocycles. The lowest BCUT2D eigenvalue weighted by molar-refractivity contribution is 0.101. The fraction of sp³-hybridized carbons (Fsp3) is 0. The Hall–Kier alpha value is -3.35. The number of aromatic nitrogens is 3. The fourth-order valence-corrected chi connectivity index (χ4v) is 2.13. The van der Waals surface area contributed by atoms with Gasteiger partial charge in [-0.05, 0) is 30.3 Å². The van der Waals surface area contributed by atoms with Crippen LogP contribution < -0.4 is 5.32 Å². The number of anilines is 1. The van der Waals surface area contributed by atoms with Crippen LogP contribution >= 0.6 is 0 Å². The summed E-state index contributed by atoms with van der Waals surface area (Å²) in [6.45, 7) is 0. The predicted octanol–water partition coefficient (Wildman–Crippen LogP) is 3.06. The summed E-state index contributed by atoms with van der Waals surface area (Å²) in [7, 11) is 0. The Kier molecular flexibility index (Phi) is 2.75. The second-order valence-electron chi connectivity index (χ2n) is 4.68. The molecule has 0 saturated carbocycles. The molecule has 7 nitrogen and oxygen atoms in total. The average molecular weight is 294 g/mol. The van der Waals surface area contributed by atoms with Gasteiger partial charge in [-0.25, -0.2) is 0 Å². The number of amides is 1. The van der Waals surface area contributed by atoms with E-state index in [0.29, 0.717) is 17.2 Å². The molecule has 22 heavy (non-hydrogen) atoms. The zero-order valence-electron chi connectivity index (χ0n) is 11.2. The van der Waals surface area contributed by atoms with Crippen molar-refractivity contribution in [1.82, 2.24) is 15.4 Å². The van der Waals surface area contributed by atoms with E-state index in [1.54, 1.807) is 30.5 Å². The second kappa shape index (κ2) is 4.88. The number of benzene rings is 1. The number of rotatable bonds is 3. The maximum Gasteiger partial charge on any atom is 0.277 e. The Bertz CT molecular complexity index is 937. The molecule has 0 unspecified atom stereocenters. The molecule has 0 aliphatic rings. The minimum absolute atomic E-state index is 0.177. The maximum atomic E-state index is 12.2. The molecule has 0 atom stereocenters. The summed E-state index contributed by atoms with van der Waals surface area (Å²) in [4.78, 5) is 12.2. The molecule has 0 aliphatic carbocycles. The van der Waals surface area contributed by atoms with E-state index in [1.807, 2.05) is 6.07 Å². The number of hydrogen-bond acceptors (Lipinski definition) is 5. The van der Waals surface area contributed by atoms with Crippen LogP contribution in [-0.2, 0) is 0 Å². The van der Waals surface area contributed by atoms with Gasteiger partial charge in [-0.1, -0.05) is 5.16 Å². The first kappa shape index (κ1) is 12.4. The fourth-order valence-electron chi connectivity index (χ4n) is 2.13. The number of hydrogen-bond donors (Lipinski definition) is 2. The Morgan fingerprint density at radius 1 is 1.18 bits per heavy atom. The third-order valence-corrected chi connectivity index (χ3v) is 3.21. The molecule has 7 heteroatoms. The standard InChI is InChI=1S/C15H10N4O3/c20-15(12-7-14(22-19-12)13-2-1-5-21-13)17-10-4-3-9-8-16-18-11(9)6-10/h1-8H,(H,16,18)(H,17,20). The monoisotopic (exact) mass is 294 g/mol. The summed E-state index contributed by atoms with van der Waals surface area (Å²) in [5.41, 5.74) is 1.66. The first-order chi connectivity index (χ1) is 10.8. The lowest BCUT2D eigenvalue weighted by Gasteiger charge is -2.02. The van der Waals surface area contributed by atoms with Gasteiger partial charge in [0.15, 0.2) is 11.5 Å². The van der Waals surface area contributed by atoms with E-state index in [-0.39, 0.29) is 11.6 Å². The quantitative estimate of drug-likeness (QED) is 0.605. The van der Waals surface area contributed by atoms with Crippen LogP contribution in [0.15, 0.2) is 57.8 Å². The third-order valence-electron chi connectivity index (χ3n) is 3.21. The van der Waals surface area contributed by atoms with E-state index in [9.17, 15) is 4.79 Å². The number of H-pyrrole nitrogens is 1. The molecule has 1 aromatic carbocycles. The SMILES string of the molecule is O=C(Nc1ccc2cn[nH]c2c1)c1cc(-c2ccco2)on1. The number of nitrogens with one attached hydrogen (secondary N) is 2. The van der Waals surface area contributed by atoms with Gasteiger partial charge in [-0.3, -0.25) is 9.89 Å². The Morgan fingerprint density at radius 3 is 3.00 bits per heavy atom. The molecule has 2 N–H and O–H groups in total. The zero-order valence-corrected chi connectivity index (χ0v) is 11.2. The van der Waals surface area contributed by atoms with Gasteiger partial charge >= 0.3 is 0 Å². The summed E-state index contributed by atoms with van der Waals surface area (Å²) in [6.07, 6.45) is 3.24. The van der Waals surface area contributed by atoms with Crippen molar-refractivity contribution in [1.29, 1.82) is 0 Å². The second-order valence-corrected chi connectivity index (χ2v) is 4.68. The molecular formula is C15H10N4O3. The summed E-state index contributed by atoms with van der Waals surface area (Å²) in [5, 5.41) is 14.3. The minimum Gasteiger partial charge on any atom is -0.461 e. The summed E-state index contributed by atoms with van der Waals surface area (Å²) >= 11 is 0. The van der Waals surface area contributed by atoms with Gasteiger partial charge < -0.3 is 14.3 Å². The van der Waals surface area contributed by atoms with Crippen molar-refractivity contribution < 1.29 is 13.7 Å². The summed E-state index contributed by atoms with van der Waals surface area (Å²) in [6, 6.07) is 10.5. The molecule has 1 amide bonds. The Balaban J connectivity index is 1.56. The molecule has 4 aromatic rings. The van der Waals surface area contributed by atoms with Gasteiger partial charge in [0.05, 0.1) is 18.0 Å². The van der Waals surface area contributed by atoms with Crippen LogP contribution in [0.4, 0.5) is 5.69 Å². The predicted molar refractivity (Wildman–Crippen MR) is 78.3 cm³/mol. The van der Waals surface area contributed by atoms with Gasteiger partial charge in [-0.2, -0.15) is 5.10 Å². The van der Waals surface area contributed by atoms with Crippen molar-refractivity contribution >= 4 is 22.5 Å². The van der Waals surface area contributed by atoms with Crippen LogP contribution in [0.5, 0.6) is 0 Å². The smallest absolute Gasteiger partial charge is 0.277 e. The van der Waals surface area contributed by atoms with Crippen LogP contribution in [-0.4, -0.2) is 21.3 Å². The van der Waals surface area contributed by atoms with Gasteiger partial charge in [-0.15, -0.1) is 0 Å². The van der Waals surface area contributed by atoms with Crippen molar-refractivity contribution in [3.63, 3.8) is 0 Å². The lowest BCUT2D eigenvalue weighted by atomic mass is 10.2. The largest absolute Gasteiger partial charge is 0.461 e. The van der Waals surface area contributed by atoms with E-state index < -0.39 is 0 Å². The molecule has 0 radical (unpaired) electrons. The van der Waals surface area contributed by atoms with E-state index in [1.165, 1.54) is 12.3 Å². The van der Waals surface area contributed by atoms with Crippen LogP contribution in [0.1, 0.15) is 10.5 Å². The zero-order chi connectivity index (χ0) is 14.9. The highest BCUT2D eigenvalue weighted by Crippen LogP contribution is 2.21. The highest BCUT2D eigenvalue weighted by Gasteiger charge is 2.15. The first-order valence-electron chi connectivity index (χ1n) is 6.55. The molecule has 0 bridgehead atoms. The van der Waals surface area contributed by atoms with Gasteiger partial charge in [0.2, 0.25) is 5.76 Å². The number of carbonyl (C=O) groups is 1. The molecule has 0 aliphatic heterocycles. The van der Waals surface area contributed by atoms with E-state index in [2.05, 4.69) is 20.7 Å². The van der Waals surface area contributed by atoms with Crippen molar-refractivity contribution in [2.75, 3.05) is 5.32 Å². The number of aromatic amines is 1. The lowest BCUT2D eigenvalue weighted by Crippen LogP contribution is -2.11.